The molecule has 6 nitrogen and oxygen atoms in total. The Bertz CT molecular complexity index is 984. The molecule has 0 amide bonds. The molecule has 24 heavy (non-hydrogen) atoms. The Balaban J connectivity index is 1.70. The third-order valence-corrected chi connectivity index (χ3v) is 4.02. The van der Waals surface area contributed by atoms with E-state index in [-0.39, 0.29) is 0 Å². The zero-order valence-electron chi connectivity index (χ0n) is 13.5. The number of aryl methyl sites for hydroxylation is 1. The van der Waals surface area contributed by atoms with Gasteiger partial charge in [0.25, 0.3) is 0 Å². The van der Waals surface area contributed by atoms with Crippen LogP contribution in [0.1, 0.15) is 5.56 Å². The van der Waals surface area contributed by atoms with Crippen LogP contribution in [0.5, 0.6) is 5.75 Å². The first-order chi connectivity index (χ1) is 11.7. The van der Waals surface area contributed by atoms with Gasteiger partial charge in [-0.3, -0.25) is 14.3 Å². The predicted molar refractivity (Wildman–Crippen MR) is 91.8 cm³/mol. The number of hydrogen-bond donors (Lipinski definition) is 0. The lowest BCUT2D eigenvalue weighted by molar-refractivity contribution is 0.414. The van der Waals surface area contributed by atoms with Crippen molar-refractivity contribution in [1.29, 1.82) is 0 Å². The molecule has 120 valence electrons. The zero-order valence-corrected chi connectivity index (χ0v) is 13.5. The molecule has 0 atom stereocenters. The molecule has 4 aromatic rings. The van der Waals surface area contributed by atoms with E-state index >= 15 is 0 Å². The molecular formula is C18H17N5O. The second-order valence-electron chi connectivity index (χ2n) is 5.68. The van der Waals surface area contributed by atoms with E-state index in [1.807, 2.05) is 54.6 Å². The van der Waals surface area contributed by atoms with Crippen molar-refractivity contribution in [3.63, 3.8) is 0 Å². The Morgan fingerprint density at radius 2 is 1.83 bits per heavy atom. The minimum absolute atomic E-state index is 0.686. The summed E-state index contributed by atoms with van der Waals surface area (Å²) in [7, 11) is 3.57. The van der Waals surface area contributed by atoms with E-state index in [4.69, 9.17) is 4.74 Å². The third kappa shape index (κ3) is 2.62. The highest BCUT2D eigenvalue weighted by molar-refractivity contribution is 5.80. The largest absolute Gasteiger partial charge is 0.497 e. The number of benzene rings is 1. The Hall–Kier alpha value is -3.15. The molecule has 0 bridgehead atoms. The van der Waals surface area contributed by atoms with Crippen molar-refractivity contribution < 1.29 is 4.74 Å². The summed E-state index contributed by atoms with van der Waals surface area (Å²) in [4.78, 5) is 4.52. The van der Waals surface area contributed by atoms with Gasteiger partial charge in [-0.15, -0.1) is 0 Å². The number of ether oxygens (including phenoxy) is 1. The first kappa shape index (κ1) is 14.4. The second-order valence-corrected chi connectivity index (χ2v) is 5.68. The molecule has 0 unspecified atom stereocenters. The summed E-state index contributed by atoms with van der Waals surface area (Å²) in [5.41, 5.74) is 5.13. The molecule has 0 aliphatic heterocycles. The van der Waals surface area contributed by atoms with Crippen LogP contribution in [-0.4, -0.2) is 31.7 Å². The summed E-state index contributed by atoms with van der Waals surface area (Å²) < 4.78 is 8.95. The van der Waals surface area contributed by atoms with E-state index in [0.29, 0.717) is 6.54 Å². The highest BCUT2D eigenvalue weighted by Crippen LogP contribution is 2.23. The number of hydrogen-bond acceptors (Lipinski definition) is 4. The topological polar surface area (TPSA) is 57.8 Å². The SMILES string of the molecule is COc1ccc(Cn2ncc3ncc(-c4cnn(C)c4)cc32)cc1. The van der Waals surface area contributed by atoms with Gasteiger partial charge in [-0.1, -0.05) is 12.1 Å². The molecule has 1 aromatic carbocycles. The van der Waals surface area contributed by atoms with Crippen LogP contribution >= 0.6 is 0 Å². The van der Waals surface area contributed by atoms with Crippen LogP contribution in [0.3, 0.4) is 0 Å². The van der Waals surface area contributed by atoms with Crippen molar-refractivity contribution >= 4 is 11.0 Å². The normalized spacial score (nSPS) is 11.1. The van der Waals surface area contributed by atoms with E-state index in [1.54, 1.807) is 18.0 Å². The average Bonchev–Trinajstić information content (AvgIpc) is 3.22. The molecule has 4 rings (SSSR count). The first-order valence-electron chi connectivity index (χ1n) is 7.66. The monoisotopic (exact) mass is 319 g/mol. The van der Waals surface area contributed by atoms with Gasteiger partial charge in [-0.2, -0.15) is 10.2 Å². The quantitative estimate of drug-likeness (QED) is 0.580. The van der Waals surface area contributed by atoms with Gasteiger partial charge in [0.05, 0.1) is 31.6 Å². The average molecular weight is 319 g/mol. The maximum absolute atomic E-state index is 5.20. The molecule has 0 radical (unpaired) electrons. The van der Waals surface area contributed by atoms with Gasteiger partial charge in [0.1, 0.15) is 11.3 Å². The summed E-state index contributed by atoms with van der Waals surface area (Å²) in [5.74, 6) is 0.851. The van der Waals surface area contributed by atoms with Gasteiger partial charge in [0, 0.05) is 30.6 Å². The number of rotatable bonds is 4. The molecule has 6 heteroatoms. The van der Waals surface area contributed by atoms with E-state index in [1.165, 1.54) is 0 Å². The van der Waals surface area contributed by atoms with Crippen LogP contribution in [-0.2, 0) is 13.6 Å². The number of aromatic nitrogens is 5. The molecule has 0 saturated heterocycles. The minimum atomic E-state index is 0.686. The van der Waals surface area contributed by atoms with Gasteiger partial charge in [-0.25, -0.2) is 0 Å². The van der Waals surface area contributed by atoms with Crippen LogP contribution in [0, 0.1) is 0 Å². The lowest BCUT2D eigenvalue weighted by atomic mass is 10.1. The van der Waals surface area contributed by atoms with Gasteiger partial charge < -0.3 is 4.74 Å². The smallest absolute Gasteiger partial charge is 0.118 e. The molecule has 3 aromatic heterocycles. The van der Waals surface area contributed by atoms with E-state index in [9.17, 15) is 0 Å². The summed E-state index contributed by atoms with van der Waals surface area (Å²) in [5, 5.41) is 8.70. The maximum Gasteiger partial charge on any atom is 0.118 e. The van der Waals surface area contributed by atoms with Gasteiger partial charge >= 0.3 is 0 Å². The minimum Gasteiger partial charge on any atom is -0.497 e. The van der Waals surface area contributed by atoms with E-state index in [0.717, 1.165) is 33.5 Å². The van der Waals surface area contributed by atoms with Crippen LogP contribution in [0.4, 0.5) is 0 Å². The van der Waals surface area contributed by atoms with Crippen LogP contribution < -0.4 is 4.74 Å². The van der Waals surface area contributed by atoms with Crippen molar-refractivity contribution in [2.24, 2.45) is 7.05 Å². The molecule has 3 heterocycles. The van der Waals surface area contributed by atoms with Gasteiger partial charge in [-0.05, 0) is 23.8 Å². The van der Waals surface area contributed by atoms with Crippen molar-refractivity contribution in [2.75, 3.05) is 7.11 Å². The highest BCUT2D eigenvalue weighted by atomic mass is 16.5. The fourth-order valence-corrected chi connectivity index (χ4v) is 2.71. The number of nitrogens with zero attached hydrogens (tertiary/aromatic N) is 5. The van der Waals surface area contributed by atoms with Crippen LogP contribution in [0.25, 0.3) is 22.2 Å². The second kappa shape index (κ2) is 5.81. The standard InChI is InChI=1S/C18H17N5O/c1-22-12-15(9-20-22)14-7-18-17(19-8-14)10-21-23(18)11-13-3-5-16(24-2)6-4-13/h3-10,12H,11H2,1-2H3. The summed E-state index contributed by atoms with van der Waals surface area (Å²) in [6, 6.07) is 10.1. The van der Waals surface area contributed by atoms with Crippen molar-refractivity contribution in [1.82, 2.24) is 24.5 Å². The van der Waals surface area contributed by atoms with Crippen molar-refractivity contribution in [3.05, 3.63) is 60.7 Å². The Morgan fingerprint density at radius 3 is 2.54 bits per heavy atom. The van der Waals surface area contributed by atoms with Crippen molar-refractivity contribution in [2.45, 2.75) is 6.54 Å². The van der Waals surface area contributed by atoms with E-state index < -0.39 is 0 Å². The van der Waals surface area contributed by atoms with Gasteiger partial charge in [0.2, 0.25) is 0 Å². The van der Waals surface area contributed by atoms with Crippen LogP contribution in [0.2, 0.25) is 0 Å². The van der Waals surface area contributed by atoms with Crippen molar-refractivity contribution in [3.8, 4) is 16.9 Å². The molecule has 0 N–H and O–H groups in total. The highest BCUT2D eigenvalue weighted by Gasteiger charge is 2.08. The molecule has 0 spiro atoms. The number of pyridine rings is 1. The predicted octanol–water partition coefficient (Wildman–Crippen LogP) is 2.89. The molecule has 0 aliphatic carbocycles. The summed E-state index contributed by atoms with van der Waals surface area (Å²) in [6.45, 7) is 0.686. The Kier molecular flexibility index (Phi) is 3.49. The Labute approximate surface area is 139 Å². The molecular weight excluding hydrogens is 302 g/mol. The lowest BCUT2D eigenvalue weighted by Gasteiger charge is -2.06. The first-order valence-corrected chi connectivity index (χ1v) is 7.66. The maximum atomic E-state index is 5.20. The summed E-state index contributed by atoms with van der Waals surface area (Å²) >= 11 is 0. The lowest BCUT2D eigenvalue weighted by Crippen LogP contribution is -2.01. The molecule has 0 saturated carbocycles. The molecule has 0 aliphatic rings. The van der Waals surface area contributed by atoms with Gasteiger partial charge in [0.15, 0.2) is 0 Å². The fourth-order valence-electron chi connectivity index (χ4n) is 2.71. The Morgan fingerprint density at radius 1 is 1.00 bits per heavy atom. The number of methoxy groups -OCH3 is 1. The van der Waals surface area contributed by atoms with Crippen LogP contribution in [0.15, 0.2) is 55.1 Å². The third-order valence-electron chi connectivity index (χ3n) is 4.02. The number of fused-ring (bicyclic) bond motifs is 1. The zero-order chi connectivity index (χ0) is 16.5. The summed E-state index contributed by atoms with van der Waals surface area (Å²) in [6.07, 6.45) is 7.48. The van der Waals surface area contributed by atoms with E-state index in [2.05, 4.69) is 21.2 Å². The molecule has 0 fully saturated rings. The fraction of sp³-hybridized carbons (Fsp3) is 0.167.